The number of hydrogen-bond acceptors (Lipinski definition) is 4. The lowest BCUT2D eigenvalue weighted by Crippen LogP contribution is -2.66. The minimum Gasteiger partial charge on any atom is -0.444 e. The first-order chi connectivity index (χ1) is 10.2. The molecule has 1 aliphatic rings. The highest BCUT2D eigenvalue weighted by Gasteiger charge is 2.48. The molecule has 0 spiro atoms. The quantitative estimate of drug-likeness (QED) is 0.875. The average molecular weight is 308 g/mol. The van der Waals surface area contributed by atoms with Crippen LogP contribution in [-0.2, 0) is 11.3 Å². The number of nitrogens with zero attached hydrogens (tertiary/aromatic N) is 2. The molecule has 1 aromatic heterocycles. The summed E-state index contributed by atoms with van der Waals surface area (Å²) in [4.78, 5) is 15.9. The third-order valence-electron chi connectivity index (χ3n) is 4.28. The van der Waals surface area contributed by atoms with Crippen LogP contribution in [0.5, 0.6) is 0 Å². The molecule has 124 valence electrons. The van der Waals surface area contributed by atoms with E-state index in [1.165, 1.54) is 0 Å². The standard InChI is InChI=1S/C16H28N4O2/c1-15(2,3)22-14(21)19-13-10-12(16(13,4)5)18-7-9-20-8-6-17-11-20/h6,8,11-13,18H,7,9-10H2,1-5H3,(H,19,21). The van der Waals surface area contributed by atoms with Gasteiger partial charge in [0.2, 0.25) is 0 Å². The van der Waals surface area contributed by atoms with Gasteiger partial charge in [0.05, 0.1) is 6.33 Å². The van der Waals surface area contributed by atoms with E-state index in [1.807, 2.05) is 33.3 Å². The number of nitrogens with one attached hydrogen (secondary N) is 2. The minimum atomic E-state index is -0.458. The van der Waals surface area contributed by atoms with Crippen LogP contribution in [-0.4, -0.2) is 39.9 Å². The molecule has 2 atom stereocenters. The molecule has 2 rings (SSSR count). The van der Waals surface area contributed by atoms with Crippen LogP contribution >= 0.6 is 0 Å². The Morgan fingerprint density at radius 2 is 2.14 bits per heavy atom. The van der Waals surface area contributed by atoms with Crippen molar-refractivity contribution in [3.8, 4) is 0 Å². The molecule has 6 heteroatoms. The van der Waals surface area contributed by atoms with E-state index in [0.717, 1.165) is 19.5 Å². The van der Waals surface area contributed by atoms with Crippen molar-refractivity contribution in [3.05, 3.63) is 18.7 Å². The number of rotatable bonds is 5. The van der Waals surface area contributed by atoms with Crippen LogP contribution < -0.4 is 10.6 Å². The summed E-state index contributed by atoms with van der Waals surface area (Å²) in [6.45, 7) is 11.8. The van der Waals surface area contributed by atoms with E-state index in [-0.39, 0.29) is 17.6 Å². The molecular formula is C16H28N4O2. The number of aromatic nitrogens is 2. The second kappa shape index (κ2) is 6.28. The second-order valence-electron chi connectivity index (χ2n) is 7.56. The number of carbonyl (C=O) groups excluding carboxylic acids is 1. The van der Waals surface area contributed by atoms with Gasteiger partial charge in [-0.1, -0.05) is 13.8 Å². The van der Waals surface area contributed by atoms with Crippen LogP contribution in [0.4, 0.5) is 4.79 Å². The fourth-order valence-electron chi connectivity index (χ4n) is 2.75. The first kappa shape index (κ1) is 16.8. The van der Waals surface area contributed by atoms with Gasteiger partial charge in [0.1, 0.15) is 5.60 Å². The summed E-state index contributed by atoms with van der Waals surface area (Å²) in [5, 5.41) is 6.54. The molecule has 1 aromatic rings. The van der Waals surface area contributed by atoms with Crippen molar-refractivity contribution < 1.29 is 9.53 Å². The summed E-state index contributed by atoms with van der Waals surface area (Å²) in [7, 11) is 0. The predicted molar refractivity (Wildman–Crippen MR) is 85.6 cm³/mol. The third-order valence-corrected chi connectivity index (χ3v) is 4.28. The summed E-state index contributed by atoms with van der Waals surface area (Å²) in [5.41, 5.74) is -0.438. The van der Waals surface area contributed by atoms with E-state index in [1.54, 1.807) is 6.20 Å². The lowest BCUT2D eigenvalue weighted by molar-refractivity contribution is 0.0166. The van der Waals surface area contributed by atoms with Gasteiger partial charge >= 0.3 is 6.09 Å². The molecule has 1 fully saturated rings. The Labute approximate surface area is 132 Å². The second-order valence-corrected chi connectivity index (χ2v) is 7.56. The molecule has 22 heavy (non-hydrogen) atoms. The van der Waals surface area contributed by atoms with E-state index in [9.17, 15) is 4.79 Å². The molecule has 2 unspecified atom stereocenters. The first-order valence-corrected chi connectivity index (χ1v) is 7.87. The molecule has 1 saturated carbocycles. The smallest absolute Gasteiger partial charge is 0.407 e. The largest absolute Gasteiger partial charge is 0.444 e. The van der Waals surface area contributed by atoms with Gasteiger partial charge in [-0.15, -0.1) is 0 Å². The van der Waals surface area contributed by atoms with Gasteiger partial charge in [0, 0.05) is 43.0 Å². The Hall–Kier alpha value is -1.56. The van der Waals surface area contributed by atoms with Crippen molar-refractivity contribution in [1.82, 2.24) is 20.2 Å². The van der Waals surface area contributed by atoms with Crippen molar-refractivity contribution in [2.75, 3.05) is 6.54 Å². The molecule has 0 saturated heterocycles. The van der Waals surface area contributed by atoms with E-state index in [4.69, 9.17) is 4.74 Å². The maximum absolute atomic E-state index is 11.9. The van der Waals surface area contributed by atoms with Gasteiger partial charge in [-0.2, -0.15) is 0 Å². The number of ether oxygens (including phenoxy) is 1. The molecule has 2 N–H and O–H groups in total. The fourth-order valence-corrected chi connectivity index (χ4v) is 2.75. The van der Waals surface area contributed by atoms with Crippen molar-refractivity contribution in [2.24, 2.45) is 5.41 Å². The van der Waals surface area contributed by atoms with Gasteiger partial charge in [0.15, 0.2) is 0 Å². The number of amides is 1. The fraction of sp³-hybridized carbons (Fsp3) is 0.750. The molecule has 1 aliphatic carbocycles. The van der Waals surface area contributed by atoms with Crippen LogP contribution in [0, 0.1) is 5.41 Å². The summed E-state index contributed by atoms with van der Waals surface area (Å²) >= 11 is 0. The monoisotopic (exact) mass is 308 g/mol. The Morgan fingerprint density at radius 1 is 1.41 bits per heavy atom. The number of alkyl carbamates (subject to hydrolysis) is 1. The Morgan fingerprint density at radius 3 is 2.68 bits per heavy atom. The first-order valence-electron chi connectivity index (χ1n) is 7.87. The third kappa shape index (κ3) is 4.22. The zero-order chi connectivity index (χ0) is 16.4. The van der Waals surface area contributed by atoms with Gasteiger partial charge in [0.25, 0.3) is 0 Å². The lowest BCUT2D eigenvalue weighted by Gasteiger charge is -2.52. The molecule has 0 radical (unpaired) electrons. The molecule has 0 aliphatic heterocycles. The zero-order valence-electron chi connectivity index (χ0n) is 14.2. The molecule has 1 amide bonds. The number of carbonyl (C=O) groups is 1. The van der Waals surface area contributed by atoms with E-state index in [0.29, 0.717) is 6.04 Å². The maximum atomic E-state index is 11.9. The molecule has 0 bridgehead atoms. The Balaban J connectivity index is 1.73. The Bertz CT molecular complexity index is 491. The van der Waals surface area contributed by atoms with Gasteiger partial charge < -0.3 is 19.9 Å². The van der Waals surface area contributed by atoms with E-state index < -0.39 is 5.60 Å². The predicted octanol–water partition coefficient (Wildman–Crippen LogP) is 2.16. The van der Waals surface area contributed by atoms with E-state index in [2.05, 4.69) is 34.0 Å². The normalized spacial score (nSPS) is 23.7. The topological polar surface area (TPSA) is 68.2 Å². The SMILES string of the molecule is CC(C)(C)OC(=O)NC1CC(NCCn2ccnc2)C1(C)C. The van der Waals surface area contributed by atoms with Crippen LogP contribution in [0.1, 0.15) is 41.0 Å². The number of hydrogen-bond donors (Lipinski definition) is 2. The Kier molecular flexibility index (Phi) is 4.80. The van der Waals surface area contributed by atoms with Gasteiger partial charge in [-0.25, -0.2) is 9.78 Å². The zero-order valence-corrected chi connectivity index (χ0v) is 14.2. The van der Waals surface area contributed by atoms with Gasteiger partial charge in [-0.3, -0.25) is 0 Å². The van der Waals surface area contributed by atoms with Crippen molar-refractivity contribution >= 4 is 6.09 Å². The summed E-state index contributed by atoms with van der Waals surface area (Å²) < 4.78 is 7.37. The highest BCUT2D eigenvalue weighted by molar-refractivity contribution is 5.68. The van der Waals surface area contributed by atoms with Crippen LogP contribution in [0.25, 0.3) is 0 Å². The maximum Gasteiger partial charge on any atom is 0.407 e. The lowest BCUT2D eigenvalue weighted by atomic mass is 9.63. The molecule has 0 aromatic carbocycles. The summed E-state index contributed by atoms with van der Waals surface area (Å²) in [5.74, 6) is 0. The summed E-state index contributed by atoms with van der Waals surface area (Å²) in [6.07, 6.45) is 6.16. The molecular weight excluding hydrogens is 280 g/mol. The number of imidazole rings is 1. The van der Waals surface area contributed by atoms with Crippen LogP contribution in [0.15, 0.2) is 18.7 Å². The van der Waals surface area contributed by atoms with Crippen LogP contribution in [0.3, 0.4) is 0 Å². The van der Waals surface area contributed by atoms with Gasteiger partial charge in [-0.05, 0) is 27.2 Å². The molecule has 6 nitrogen and oxygen atoms in total. The summed E-state index contributed by atoms with van der Waals surface area (Å²) in [6, 6.07) is 0.545. The van der Waals surface area contributed by atoms with E-state index >= 15 is 0 Å². The average Bonchev–Trinajstić information content (AvgIpc) is 2.87. The molecule has 1 heterocycles. The highest BCUT2D eigenvalue weighted by Crippen LogP contribution is 2.40. The highest BCUT2D eigenvalue weighted by atomic mass is 16.6. The van der Waals surface area contributed by atoms with Crippen molar-refractivity contribution in [2.45, 2.75) is 65.3 Å². The van der Waals surface area contributed by atoms with Crippen LogP contribution in [0.2, 0.25) is 0 Å². The van der Waals surface area contributed by atoms with Crippen molar-refractivity contribution in [3.63, 3.8) is 0 Å². The van der Waals surface area contributed by atoms with Crippen molar-refractivity contribution in [1.29, 1.82) is 0 Å². The minimum absolute atomic E-state index is 0.0197.